The number of nitrogens with zero attached hydrogens (tertiary/aromatic N) is 1. The first-order chi connectivity index (χ1) is 7.13. The number of rotatable bonds is 4. The summed E-state index contributed by atoms with van der Waals surface area (Å²) in [5.74, 6) is 0.137. The van der Waals surface area contributed by atoms with Crippen LogP contribution in [-0.2, 0) is 9.53 Å². The Morgan fingerprint density at radius 3 is 3.00 bits per heavy atom. The smallest absolute Gasteiger partial charge is 0.222 e. The lowest BCUT2D eigenvalue weighted by Gasteiger charge is -2.30. The Bertz CT molecular complexity index is 208. The molecule has 0 aliphatic carbocycles. The fraction of sp³-hybridized carbons (Fsp3) is 0.909. The van der Waals surface area contributed by atoms with Crippen LogP contribution < -0.4 is 0 Å². The van der Waals surface area contributed by atoms with Crippen molar-refractivity contribution in [2.24, 2.45) is 0 Å². The molecular formula is C11H21NO3. The molecule has 0 aromatic carbocycles. The summed E-state index contributed by atoms with van der Waals surface area (Å²) in [4.78, 5) is 13.5. The van der Waals surface area contributed by atoms with Gasteiger partial charge in [0.1, 0.15) is 0 Å². The molecule has 1 N–H and O–H groups in total. The highest BCUT2D eigenvalue weighted by atomic mass is 16.5. The van der Waals surface area contributed by atoms with E-state index in [1.54, 1.807) is 12.0 Å². The van der Waals surface area contributed by atoms with Gasteiger partial charge in [-0.25, -0.2) is 0 Å². The number of aliphatic hydroxyl groups excluding tert-OH is 1. The molecular weight excluding hydrogens is 194 g/mol. The van der Waals surface area contributed by atoms with Crippen molar-refractivity contribution in [2.75, 3.05) is 20.2 Å². The predicted molar refractivity (Wildman–Crippen MR) is 57.5 cm³/mol. The third-order valence-corrected chi connectivity index (χ3v) is 2.92. The minimum Gasteiger partial charge on any atom is -0.391 e. The van der Waals surface area contributed by atoms with Crippen molar-refractivity contribution in [2.45, 2.75) is 44.8 Å². The first kappa shape index (κ1) is 12.5. The Balaban J connectivity index is 2.26. The average Bonchev–Trinajstić information content (AvgIpc) is 2.25. The van der Waals surface area contributed by atoms with Gasteiger partial charge < -0.3 is 14.7 Å². The number of amides is 1. The number of likely N-dealkylation sites (tertiary alicyclic amines) is 1. The van der Waals surface area contributed by atoms with E-state index in [1.165, 1.54) is 0 Å². The summed E-state index contributed by atoms with van der Waals surface area (Å²) in [5, 5.41) is 9.43. The molecule has 2 atom stereocenters. The van der Waals surface area contributed by atoms with Crippen molar-refractivity contribution < 1.29 is 14.6 Å². The quantitative estimate of drug-likeness (QED) is 0.754. The molecule has 4 heteroatoms. The van der Waals surface area contributed by atoms with E-state index < -0.39 is 0 Å². The Kier molecular flexibility index (Phi) is 5.05. The number of carbonyl (C=O) groups excluding carboxylic acids is 1. The van der Waals surface area contributed by atoms with Gasteiger partial charge >= 0.3 is 0 Å². The maximum atomic E-state index is 11.7. The van der Waals surface area contributed by atoms with Crippen molar-refractivity contribution in [1.29, 1.82) is 0 Å². The maximum Gasteiger partial charge on any atom is 0.222 e. The molecule has 0 radical (unpaired) electrons. The van der Waals surface area contributed by atoms with E-state index in [2.05, 4.69) is 0 Å². The van der Waals surface area contributed by atoms with Crippen LogP contribution in [0.1, 0.15) is 32.6 Å². The van der Waals surface area contributed by atoms with Crippen LogP contribution in [0.3, 0.4) is 0 Å². The zero-order chi connectivity index (χ0) is 11.3. The lowest BCUT2D eigenvalue weighted by atomic mass is 10.1. The van der Waals surface area contributed by atoms with Gasteiger partial charge in [0, 0.05) is 26.6 Å². The van der Waals surface area contributed by atoms with E-state index in [4.69, 9.17) is 4.74 Å². The Labute approximate surface area is 91.2 Å². The van der Waals surface area contributed by atoms with E-state index >= 15 is 0 Å². The van der Waals surface area contributed by atoms with Crippen LogP contribution in [0, 0.1) is 0 Å². The second-order valence-corrected chi connectivity index (χ2v) is 4.22. The fourth-order valence-corrected chi connectivity index (χ4v) is 1.78. The Morgan fingerprint density at radius 2 is 2.40 bits per heavy atom. The van der Waals surface area contributed by atoms with Gasteiger partial charge in [0.25, 0.3) is 0 Å². The number of ether oxygens (including phenoxy) is 1. The molecule has 1 aliphatic rings. The standard InChI is InChI=1S/C11H21NO3/c1-9(15-2)5-6-11(14)12-7-3-4-10(13)8-12/h9-10,13H,3-8H2,1-2H3/t9?,10-/m0/s1. The van der Waals surface area contributed by atoms with Crippen LogP contribution in [0.25, 0.3) is 0 Å². The Hall–Kier alpha value is -0.610. The molecule has 1 unspecified atom stereocenters. The predicted octanol–water partition coefficient (Wildman–Crippen LogP) is 0.785. The molecule has 0 aromatic heterocycles. The molecule has 1 saturated heterocycles. The van der Waals surface area contributed by atoms with Crippen molar-refractivity contribution in [3.8, 4) is 0 Å². The molecule has 1 heterocycles. The second-order valence-electron chi connectivity index (χ2n) is 4.22. The van der Waals surface area contributed by atoms with Gasteiger partial charge in [-0.3, -0.25) is 4.79 Å². The van der Waals surface area contributed by atoms with Crippen LogP contribution >= 0.6 is 0 Å². The molecule has 4 nitrogen and oxygen atoms in total. The largest absolute Gasteiger partial charge is 0.391 e. The van der Waals surface area contributed by atoms with E-state index in [0.29, 0.717) is 13.0 Å². The summed E-state index contributed by atoms with van der Waals surface area (Å²) >= 11 is 0. The molecule has 15 heavy (non-hydrogen) atoms. The zero-order valence-corrected chi connectivity index (χ0v) is 9.61. The molecule has 0 bridgehead atoms. The normalized spacial score (nSPS) is 23.9. The molecule has 0 aromatic rings. The third-order valence-electron chi connectivity index (χ3n) is 2.92. The number of aliphatic hydroxyl groups is 1. The van der Waals surface area contributed by atoms with Crippen LogP contribution in [0.2, 0.25) is 0 Å². The number of piperidine rings is 1. The summed E-state index contributed by atoms with van der Waals surface area (Å²) < 4.78 is 5.09. The first-order valence-electron chi connectivity index (χ1n) is 5.62. The SMILES string of the molecule is COC(C)CCC(=O)N1CCC[C@H](O)C1. The monoisotopic (exact) mass is 215 g/mol. The highest BCUT2D eigenvalue weighted by Gasteiger charge is 2.21. The van der Waals surface area contributed by atoms with Gasteiger partial charge in [0.05, 0.1) is 12.2 Å². The topological polar surface area (TPSA) is 49.8 Å². The minimum atomic E-state index is -0.331. The van der Waals surface area contributed by atoms with Crippen molar-refractivity contribution in [3.63, 3.8) is 0 Å². The fourth-order valence-electron chi connectivity index (χ4n) is 1.78. The van der Waals surface area contributed by atoms with Crippen molar-refractivity contribution >= 4 is 5.91 Å². The van der Waals surface area contributed by atoms with Crippen LogP contribution in [-0.4, -0.2) is 48.3 Å². The van der Waals surface area contributed by atoms with Gasteiger partial charge in [0.15, 0.2) is 0 Å². The van der Waals surface area contributed by atoms with Crippen molar-refractivity contribution in [3.05, 3.63) is 0 Å². The molecule has 1 rings (SSSR count). The van der Waals surface area contributed by atoms with E-state index in [0.717, 1.165) is 25.8 Å². The van der Waals surface area contributed by atoms with Gasteiger partial charge in [0.2, 0.25) is 5.91 Å². The van der Waals surface area contributed by atoms with Crippen LogP contribution in [0.4, 0.5) is 0 Å². The molecule has 0 saturated carbocycles. The number of carbonyl (C=O) groups is 1. The van der Waals surface area contributed by atoms with Gasteiger partial charge in [-0.1, -0.05) is 0 Å². The number of hydrogen-bond acceptors (Lipinski definition) is 3. The second kappa shape index (κ2) is 6.08. The first-order valence-corrected chi connectivity index (χ1v) is 5.62. The third kappa shape index (κ3) is 4.18. The van der Waals surface area contributed by atoms with Crippen LogP contribution in [0.15, 0.2) is 0 Å². The highest BCUT2D eigenvalue weighted by molar-refractivity contribution is 5.76. The van der Waals surface area contributed by atoms with E-state index in [1.807, 2.05) is 6.92 Å². The molecule has 1 fully saturated rings. The minimum absolute atomic E-state index is 0.128. The van der Waals surface area contributed by atoms with E-state index in [-0.39, 0.29) is 18.1 Å². The molecule has 1 aliphatic heterocycles. The summed E-state index contributed by atoms with van der Waals surface area (Å²) in [6.45, 7) is 3.25. The van der Waals surface area contributed by atoms with Gasteiger partial charge in [-0.2, -0.15) is 0 Å². The summed E-state index contributed by atoms with van der Waals surface area (Å²) in [7, 11) is 1.65. The number of β-amino-alcohol motifs (C(OH)–C–C–N with tert-alkyl or cyclic N) is 1. The van der Waals surface area contributed by atoms with Crippen LogP contribution in [0.5, 0.6) is 0 Å². The average molecular weight is 215 g/mol. The van der Waals surface area contributed by atoms with Gasteiger partial charge in [-0.05, 0) is 26.2 Å². The lowest BCUT2D eigenvalue weighted by molar-refractivity contribution is -0.134. The lowest BCUT2D eigenvalue weighted by Crippen LogP contribution is -2.42. The summed E-state index contributed by atoms with van der Waals surface area (Å²) in [5.41, 5.74) is 0. The molecule has 1 amide bonds. The number of methoxy groups -OCH3 is 1. The van der Waals surface area contributed by atoms with E-state index in [9.17, 15) is 9.90 Å². The maximum absolute atomic E-state index is 11.7. The Morgan fingerprint density at radius 1 is 1.67 bits per heavy atom. The van der Waals surface area contributed by atoms with Gasteiger partial charge in [-0.15, -0.1) is 0 Å². The summed E-state index contributed by atoms with van der Waals surface area (Å²) in [6.07, 6.45) is 2.79. The zero-order valence-electron chi connectivity index (χ0n) is 9.61. The number of hydrogen-bond donors (Lipinski definition) is 1. The summed E-state index contributed by atoms with van der Waals surface area (Å²) in [6, 6.07) is 0. The van der Waals surface area contributed by atoms with Crippen molar-refractivity contribution in [1.82, 2.24) is 4.90 Å². The molecule has 88 valence electrons. The molecule has 0 spiro atoms. The highest BCUT2D eigenvalue weighted by Crippen LogP contribution is 2.12.